The summed E-state index contributed by atoms with van der Waals surface area (Å²) in [5.74, 6) is 0.745. The van der Waals surface area contributed by atoms with Gasteiger partial charge in [0.05, 0.1) is 17.3 Å². The number of pyridine rings is 1. The lowest BCUT2D eigenvalue weighted by Crippen LogP contribution is -2.01. The Balaban J connectivity index is 1.66. The zero-order valence-electron chi connectivity index (χ0n) is 12.9. The van der Waals surface area contributed by atoms with Gasteiger partial charge in [-0.3, -0.25) is 0 Å². The minimum atomic E-state index is 0.675. The van der Waals surface area contributed by atoms with Crippen molar-refractivity contribution in [1.29, 1.82) is 5.26 Å². The summed E-state index contributed by atoms with van der Waals surface area (Å²) >= 11 is 0. The molecule has 114 valence electrons. The number of nitrogens with zero attached hydrogens (tertiary/aromatic N) is 4. The predicted molar refractivity (Wildman–Crippen MR) is 92.3 cm³/mol. The highest BCUT2D eigenvalue weighted by molar-refractivity contribution is 5.65. The Labute approximate surface area is 140 Å². The molecule has 0 aromatic heterocycles. The first-order chi connectivity index (χ1) is 11.8. The average Bonchev–Trinajstić information content (AvgIpc) is 3.06. The second-order valence-electron chi connectivity index (χ2n) is 5.61. The molecule has 0 unspecified atom stereocenters. The van der Waals surface area contributed by atoms with Crippen molar-refractivity contribution in [2.45, 2.75) is 6.54 Å². The molecule has 2 aromatic rings. The number of nitriles is 1. The van der Waals surface area contributed by atoms with Crippen LogP contribution in [0.4, 0.5) is 0 Å². The maximum absolute atomic E-state index is 9.01. The van der Waals surface area contributed by atoms with E-state index in [0.29, 0.717) is 12.1 Å². The van der Waals surface area contributed by atoms with E-state index in [2.05, 4.69) is 20.6 Å². The van der Waals surface area contributed by atoms with Gasteiger partial charge >= 0.3 is 0 Å². The van der Waals surface area contributed by atoms with E-state index in [1.54, 1.807) is 0 Å². The van der Waals surface area contributed by atoms with Gasteiger partial charge < -0.3 is 4.57 Å². The molecule has 0 N–H and O–H groups in total. The lowest BCUT2D eigenvalue weighted by atomic mass is 10.1. The molecule has 4 heteroatoms. The standard InChI is InChI=1S/C20H14N4/c21-12-15-5-4-6-16(11-15)13-24-10-9-18-19(14-24)23-20(22-18)17-7-2-1-3-8-17/h1-11,14H,13H2. The normalized spacial score (nSPS) is 10.6. The highest BCUT2D eigenvalue weighted by Gasteiger charge is 2.12. The summed E-state index contributed by atoms with van der Waals surface area (Å²) in [6.07, 6.45) is 3.98. The summed E-state index contributed by atoms with van der Waals surface area (Å²) in [7, 11) is 0. The van der Waals surface area contributed by atoms with Gasteiger partial charge in [0.15, 0.2) is 5.82 Å². The van der Waals surface area contributed by atoms with Crippen molar-refractivity contribution in [2.24, 2.45) is 0 Å². The predicted octanol–water partition coefficient (Wildman–Crippen LogP) is 3.97. The van der Waals surface area contributed by atoms with E-state index >= 15 is 0 Å². The van der Waals surface area contributed by atoms with E-state index in [-0.39, 0.29) is 0 Å². The number of aromatic nitrogens is 3. The third-order valence-electron chi connectivity index (χ3n) is 3.88. The summed E-state index contributed by atoms with van der Waals surface area (Å²) in [4.78, 5) is 9.23. The monoisotopic (exact) mass is 310 g/mol. The number of benzene rings is 2. The summed E-state index contributed by atoms with van der Waals surface area (Å²) in [5, 5.41) is 9.01. The fourth-order valence-corrected chi connectivity index (χ4v) is 2.72. The lowest BCUT2D eigenvalue weighted by molar-refractivity contribution is 0.789. The summed E-state index contributed by atoms with van der Waals surface area (Å²) in [6.45, 7) is 0.693. The minimum Gasteiger partial charge on any atom is -0.348 e. The first kappa shape index (κ1) is 14.2. The van der Waals surface area contributed by atoms with Crippen molar-refractivity contribution >= 4 is 0 Å². The summed E-state index contributed by atoms with van der Waals surface area (Å²) in [5.41, 5.74) is 4.53. The van der Waals surface area contributed by atoms with Crippen LogP contribution in [-0.4, -0.2) is 14.5 Å². The molecule has 4 nitrogen and oxygen atoms in total. The van der Waals surface area contributed by atoms with Crippen LogP contribution in [-0.2, 0) is 6.54 Å². The summed E-state index contributed by atoms with van der Waals surface area (Å²) in [6, 6.07) is 21.8. The van der Waals surface area contributed by atoms with Gasteiger partial charge in [0, 0.05) is 24.5 Å². The molecule has 0 radical (unpaired) electrons. The van der Waals surface area contributed by atoms with Gasteiger partial charge in [0.25, 0.3) is 0 Å². The Hall–Kier alpha value is -3.45. The van der Waals surface area contributed by atoms with Crippen molar-refractivity contribution in [3.63, 3.8) is 0 Å². The molecule has 2 aliphatic rings. The Morgan fingerprint density at radius 1 is 0.917 bits per heavy atom. The smallest absolute Gasteiger partial charge is 0.160 e. The Morgan fingerprint density at radius 3 is 2.58 bits per heavy atom. The van der Waals surface area contributed by atoms with Crippen LogP contribution in [0.5, 0.6) is 0 Å². The number of hydrogen-bond acceptors (Lipinski definition) is 3. The van der Waals surface area contributed by atoms with Crippen LogP contribution in [0, 0.1) is 11.3 Å². The maximum Gasteiger partial charge on any atom is 0.160 e. The van der Waals surface area contributed by atoms with Crippen LogP contribution in [0.2, 0.25) is 0 Å². The van der Waals surface area contributed by atoms with Gasteiger partial charge in [0.1, 0.15) is 5.69 Å². The third-order valence-corrected chi connectivity index (χ3v) is 3.88. The molecule has 0 aliphatic carbocycles. The molecule has 24 heavy (non-hydrogen) atoms. The average molecular weight is 310 g/mol. The van der Waals surface area contributed by atoms with Gasteiger partial charge in [-0.05, 0) is 23.8 Å². The molecular formula is C20H14N4. The highest BCUT2D eigenvalue weighted by atomic mass is 15.0. The van der Waals surface area contributed by atoms with Crippen molar-refractivity contribution in [3.05, 3.63) is 84.2 Å². The van der Waals surface area contributed by atoms with Gasteiger partial charge in [-0.2, -0.15) is 5.26 Å². The zero-order chi connectivity index (χ0) is 16.4. The minimum absolute atomic E-state index is 0.675. The molecular weight excluding hydrogens is 296 g/mol. The van der Waals surface area contributed by atoms with Crippen LogP contribution in [0.1, 0.15) is 11.1 Å². The van der Waals surface area contributed by atoms with Crippen molar-refractivity contribution in [1.82, 2.24) is 14.5 Å². The molecule has 0 fully saturated rings. The molecule has 0 atom stereocenters. The van der Waals surface area contributed by atoms with Crippen LogP contribution in [0.3, 0.4) is 0 Å². The SMILES string of the molecule is N#Cc1cccc(Cn2ccc3nc(-c4ccccc4)nc-3c2)c1. The first-order valence-corrected chi connectivity index (χ1v) is 7.70. The van der Waals surface area contributed by atoms with Crippen molar-refractivity contribution in [3.8, 4) is 28.8 Å². The van der Waals surface area contributed by atoms with E-state index in [1.807, 2.05) is 73.1 Å². The van der Waals surface area contributed by atoms with E-state index in [9.17, 15) is 0 Å². The van der Waals surface area contributed by atoms with E-state index in [4.69, 9.17) is 5.26 Å². The molecule has 2 aliphatic heterocycles. The van der Waals surface area contributed by atoms with Gasteiger partial charge in [-0.1, -0.05) is 42.5 Å². The van der Waals surface area contributed by atoms with E-state index < -0.39 is 0 Å². The highest BCUT2D eigenvalue weighted by Crippen LogP contribution is 2.24. The molecule has 0 saturated carbocycles. The van der Waals surface area contributed by atoms with Crippen molar-refractivity contribution < 1.29 is 0 Å². The van der Waals surface area contributed by atoms with Gasteiger partial charge in [-0.15, -0.1) is 0 Å². The molecule has 0 saturated heterocycles. The number of imidazole rings is 1. The molecule has 4 rings (SSSR count). The van der Waals surface area contributed by atoms with Gasteiger partial charge in [0.2, 0.25) is 0 Å². The van der Waals surface area contributed by atoms with Crippen LogP contribution in [0.15, 0.2) is 73.1 Å². The van der Waals surface area contributed by atoms with E-state index in [1.165, 1.54) is 0 Å². The fourth-order valence-electron chi connectivity index (χ4n) is 2.72. The van der Waals surface area contributed by atoms with Crippen LogP contribution in [0.25, 0.3) is 22.8 Å². The quantitative estimate of drug-likeness (QED) is 0.575. The first-order valence-electron chi connectivity index (χ1n) is 7.70. The zero-order valence-corrected chi connectivity index (χ0v) is 12.9. The van der Waals surface area contributed by atoms with Crippen LogP contribution >= 0.6 is 0 Å². The van der Waals surface area contributed by atoms with Crippen LogP contribution < -0.4 is 0 Å². The third kappa shape index (κ3) is 2.75. The molecule has 0 amide bonds. The Bertz CT molecular complexity index is 996. The summed E-state index contributed by atoms with van der Waals surface area (Å²) < 4.78 is 2.06. The number of hydrogen-bond donors (Lipinski definition) is 0. The largest absolute Gasteiger partial charge is 0.348 e. The van der Waals surface area contributed by atoms with Gasteiger partial charge in [-0.25, -0.2) is 9.97 Å². The molecule has 2 heterocycles. The molecule has 0 spiro atoms. The Kier molecular flexibility index (Phi) is 3.53. The second-order valence-corrected chi connectivity index (χ2v) is 5.61. The molecule has 2 aromatic carbocycles. The number of rotatable bonds is 3. The van der Waals surface area contributed by atoms with E-state index in [0.717, 1.165) is 28.3 Å². The van der Waals surface area contributed by atoms with Crippen molar-refractivity contribution in [2.75, 3.05) is 0 Å². The topological polar surface area (TPSA) is 54.5 Å². The fraction of sp³-hybridized carbons (Fsp3) is 0.0500. The molecule has 0 bridgehead atoms. The Morgan fingerprint density at radius 2 is 1.75 bits per heavy atom. The lowest BCUT2D eigenvalue weighted by Gasteiger charge is -2.08. The number of fused-ring (bicyclic) bond motifs is 1. The maximum atomic E-state index is 9.01. The second kappa shape index (κ2) is 5.98.